The van der Waals surface area contributed by atoms with Crippen LogP contribution in [0.1, 0.15) is 6.92 Å². The molecule has 4 nitrogen and oxygen atoms in total. The maximum Gasteiger partial charge on any atom is 0.242 e. The van der Waals surface area contributed by atoms with E-state index in [1.807, 2.05) is 24.3 Å². The number of nitrogens with zero attached hydrogens (tertiary/aromatic N) is 1. The highest BCUT2D eigenvalue weighted by atomic mass is 32.2. The molecule has 0 aliphatic heterocycles. The third-order valence-electron chi connectivity index (χ3n) is 2.95. The number of aliphatic hydroxyl groups excluding tert-OH is 1. The van der Waals surface area contributed by atoms with Crippen molar-refractivity contribution >= 4 is 20.8 Å². The van der Waals surface area contributed by atoms with Crippen molar-refractivity contribution < 1.29 is 13.5 Å². The smallest absolute Gasteiger partial charge is 0.242 e. The number of rotatable bonds is 4. The summed E-state index contributed by atoms with van der Waals surface area (Å²) in [6.07, 6.45) is -0.694. The summed E-state index contributed by atoms with van der Waals surface area (Å²) >= 11 is 0. The number of fused-ring (bicyclic) bond motifs is 1. The predicted octanol–water partition coefficient (Wildman–Crippen LogP) is 1.84. The van der Waals surface area contributed by atoms with Gasteiger partial charge in [0.15, 0.2) is 0 Å². The van der Waals surface area contributed by atoms with Crippen LogP contribution < -0.4 is 0 Å². The van der Waals surface area contributed by atoms with E-state index in [2.05, 4.69) is 0 Å². The number of sulfonamides is 1. The van der Waals surface area contributed by atoms with Crippen molar-refractivity contribution in [3.63, 3.8) is 0 Å². The van der Waals surface area contributed by atoms with Crippen molar-refractivity contribution in [3.8, 4) is 0 Å². The molecular formula is C14H17NO3S. The molecule has 0 saturated carbocycles. The van der Waals surface area contributed by atoms with Gasteiger partial charge in [0.25, 0.3) is 0 Å². The number of benzene rings is 2. The van der Waals surface area contributed by atoms with E-state index in [0.717, 1.165) is 10.8 Å². The molecule has 0 fully saturated rings. The van der Waals surface area contributed by atoms with Gasteiger partial charge >= 0.3 is 0 Å². The Balaban J connectivity index is 2.43. The van der Waals surface area contributed by atoms with Gasteiger partial charge in [0.05, 0.1) is 11.0 Å². The summed E-state index contributed by atoms with van der Waals surface area (Å²) in [5.41, 5.74) is 0. The van der Waals surface area contributed by atoms with Crippen LogP contribution in [0, 0.1) is 0 Å². The lowest BCUT2D eigenvalue weighted by molar-refractivity contribution is 0.171. The molecule has 0 saturated heterocycles. The lowest BCUT2D eigenvalue weighted by Crippen LogP contribution is -2.33. The van der Waals surface area contributed by atoms with Crippen LogP contribution in [-0.4, -0.2) is 37.5 Å². The quantitative estimate of drug-likeness (QED) is 0.929. The third-order valence-corrected chi connectivity index (χ3v) is 4.77. The van der Waals surface area contributed by atoms with Crippen molar-refractivity contribution in [2.24, 2.45) is 0 Å². The molecule has 2 rings (SSSR count). The van der Waals surface area contributed by atoms with Crippen LogP contribution in [0.15, 0.2) is 47.4 Å². The summed E-state index contributed by atoms with van der Waals surface area (Å²) in [5, 5.41) is 11.2. The van der Waals surface area contributed by atoms with Gasteiger partial charge in [-0.3, -0.25) is 0 Å². The highest BCUT2D eigenvalue weighted by Gasteiger charge is 2.21. The minimum atomic E-state index is -3.55. The fraction of sp³-hybridized carbons (Fsp3) is 0.286. The molecule has 0 amide bonds. The van der Waals surface area contributed by atoms with E-state index < -0.39 is 16.1 Å². The van der Waals surface area contributed by atoms with Crippen molar-refractivity contribution in [2.45, 2.75) is 17.9 Å². The van der Waals surface area contributed by atoms with Gasteiger partial charge in [-0.15, -0.1) is 0 Å². The van der Waals surface area contributed by atoms with Crippen molar-refractivity contribution in [3.05, 3.63) is 42.5 Å². The molecule has 1 atom stereocenters. The number of hydrogen-bond donors (Lipinski definition) is 1. The van der Waals surface area contributed by atoms with E-state index in [4.69, 9.17) is 0 Å². The molecule has 0 aliphatic rings. The van der Waals surface area contributed by atoms with Gasteiger partial charge in [-0.05, 0) is 29.8 Å². The largest absolute Gasteiger partial charge is 0.392 e. The number of likely N-dealkylation sites (N-methyl/N-ethyl adjacent to an activating group) is 1. The second kappa shape index (κ2) is 5.28. The van der Waals surface area contributed by atoms with E-state index in [-0.39, 0.29) is 11.4 Å². The first-order chi connectivity index (χ1) is 8.91. The Hall–Kier alpha value is -1.43. The Morgan fingerprint density at radius 2 is 1.79 bits per heavy atom. The minimum absolute atomic E-state index is 0.0785. The first-order valence-electron chi connectivity index (χ1n) is 6.04. The Bertz CT molecular complexity index is 680. The molecule has 0 aliphatic carbocycles. The Morgan fingerprint density at radius 3 is 2.42 bits per heavy atom. The van der Waals surface area contributed by atoms with E-state index in [9.17, 15) is 13.5 Å². The van der Waals surface area contributed by atoms with Crippen LogP contribution in [-0.2, 0) is 10.0 Å². The first kappa shape index (κ1) is 14.0. The zero-order chi connectivity index (χ0) is 14.0. The maximum absolute atomic E-state index is 12.3. The zero-order valence-electron chi connectivity index (χ0n) is 10.9. The number of hydrogen-bond acceptors (Lipinski definition) is 3. The standard InChI is InChI=1S/C14H17NO3S/c1-11(16)10-15(2)19(17,18)14-8-7-12-5-3-4-6-13(12)9-14/h3-9,11,16H,10H2,1-2H3. The Morgan fingerprint density at radius 1 is 1.16 bits per heavy atom. The molecule has 0 spiro atoms. The monoisotopic (exact) mass is 279 g/mol. The molecule has 2 aromatic rings. The van der Waals surface area contributed by atoms with Crippen LogP contribution >= 0.6 is 0 Å². The lowest BCUT2D eigenvalue weighted by Gasteiger charge is -2.18. The predicted molar refractivity (Wildman–Crippen MR) is 75.4 cm³/mol. The second-order valence-electron chi connectivity index (χ2n) is 4.64. The molecule has 1 unspecified atom stereocenters. The Kier molecular flexibility index (Phi) is 3.89. The van der Waals surface area contributed by atoms with Crippen LogP contribution in [0.2, 0.25) is 0 Å². The highest BCUT2D eigenvalue weighted by molar-refractivity contribution is 7.89. The molecule has 102 valence electrons. The van der Waals surface area contributed by atoms with E-state index >= 15 is 0 Å². The van der Waals surface area contributed by atoms with Crippen LogP contribution in [0.4, 0.5) is 0 Å². The van der Waals surface area contributed by atoms with Crippen molar-refractivity contribution in [1.29, 1.82) is 0 Å². The average Bonchev–Trinajstić information content (AvgIpc) is 2.37. The van der Waals surface area contributed by atoms with Gasteiger partial charge in [-0.2, -0.15) is 4.31 Å². The summed E-state index contributed by atoms with van der Waals surface area (Å²) in [6, 6.07) is 12.6. The van der Waals surface area contributed by atoms with Crippen LogP contribution in [0.25, 0.3) is 10.8 Å². The Labute approximate surface area is 113 Å². The van der Waals surface area contributed by atoms with E-state index in [1.54, 1.807) is 25.1 Å². The summed E-state index contributed by atoms with van der Waals surface area (Å²) in [7, 11) is -2.08. The van der Waals surface area contributed by atoms with Crippen molar-refractivity contribution in [2.75, 3.05) is 13.6 Å². The third kappa shape index (κ3) is 2.94. The van der Waals surface area contributed by atoms with Gasteiger partial charge in [-0.25, -0.2) is 8.42 Å². The summed E-state index contributed by atoms with van der Waals surface area (Å²) in [6.45, 7) is 1.64. The van der Waals surface area contributed by atoms with Gasteiger partial charge in [-0.1, -0.05) is 30.3 Å². The summed E-state index contributed by atoms with van der Waals surface area (Å²) < 4.78 is 25.8. The lowest BCUT2D eigenvalue weighted by atomic mass is 10.1. The average molecular weight is 279 g/mol. The molecule has 0 aromatic heterocycles. The SMILES string of the molecule is CC(O)CN(C)S(=O)(=O)c1ccc2ccccc2c1. The molecule has 2 aromatic carbocycles. The molecule has 19 heavy (non-hydrogen) atoms. The molecule has 0 bridgehead atoms. The normalized spacial score (nSPS) is 13.9. The van der Waals surface area contributed by atoms with Gasteiger partial charge in [0, 0.05) is 13.6 Å². The van der Waals surface area contributed by atoms with Crippen LogP contribution in [0.5, 0.6) is 0 Å². The van der Waals surface area contributed by atoms with E-state index in [1.165, 1.54) is 11.4 Å². The molecule has 0 radical (unpaired) electrons. The van der Waals surface area contributed by atoms with Crippen LogP contribution in [0.3, 0.4) is 0 Å². The maximum atomic E-state index is 12.3. The first-order valence-corrected chi connectivity index (χ1v) is 7.48. The fourth-order valence-electron chi connectivity index (χ4n) is 1.98. The van der Waals surface area contributed by atoms with E-state index in [0.29, 0.717) is 0 Å². The summed E-state index contributed by atoms with van der Waals surface area (Å²) in [5.74, 6) is 0. The highest BCUT2D eigenvalue weighted by Crippen LogP contribution is 2.21. The van der Waals surface area contributed by atoms with Crippen molar-refractivity contribution in [1.82, 2.24) is 4.31 Å². The summed E-state index contributed by atoms with van der Waals surface area (Å²) in [4.78, 5) is 0.245. The molecule has 5 heteroatoms. The second-order valence-corrected chi connectivity index (χ2v) is 6.69. The molecular weight excluding hydrogens is 262 g/mol. The fourth-order valence-corrected chi connectivity index (χ4v) is 3.27. The van der Waals surface area contributed by atoms with Gasteiger partial charge in [0.2, 0.25) is 10.0 Å². The number of aliphatic hydroxyl groups is 1. The molecule has 1 N–H and O–H groups in total. The van der Waals surface area contributed by atoms with Gasteiger partial charge < -0.3 is 5.11 Å². The molecule has 0 heterocycles. The minimum Gasteiger partial charge on any atom is -0.392 e. The zero-order valence-corrected chi connectivity index (χ0v) is 11.8. The van der Waals surface area contributed by atoms with Gasteiger partial charge in [0.1, 0.15) is 0 Å². The topological polar surface area (TPSA) is 57.6 Å².